The molecule has 3 rings (SSSR count). The van der Waals surface area contributed by atoms with Gasteiger partial charge in [0, 0.05) is 24.6 Å². The fraction of sp³-hybridized carbons (Fsp3) is 0.235. The van der Waals surface area contributed by atoms with Crippen molar-refractivity contribution in [2.24, 2.45) is 0 Å². The number of pyridine rings is 1. The van der Waals surface area contributed by atoms with Gasteiger partial charge in [0.15, 0.2) is 0 Å². The van der Waals surface area contributed by atoms with Gasteiger partial charge < -0.3 is 15.0 Å². The van der Waals surface area contributed by atoms with Crippen molar-refractivity contribution in [3.05, 3.63) is 60.4 Å². The molecule has 1 unspecified atom stereocenters. The van der Waals surface area contributed by atoms with Crippen LogP contribution >= 0.6 is 0 Å². The lowest BCUT2D eigenvalue weighted by Gasteiger charge is -2.34. The SMILES string of the molecule is O=C(Nc1ccncc1)C1COCC(=O)N1Cc1ccccc1. The highest BCUT2D eigenvalue weighted by atomic mass is 16.5. The molecule has 1 atom stereocenters. The third kappa shape index (κ3) is 3.73. The van der Waals surface area contributed by atoms with E-state index in [-0.39, 0.29) is 25.0 Å². The summed E-state index contributed by atoms with van der Waals surface area (Å²) in [5, 5.41) is 2.80. The quantitative estimate of drug-likeness (QED) is 0.927. The highest BCUT2D eigenvalue weighted by Gasteiger charge is 2.34. The van der Waals surface area contributed by atoms with Gasteiger partial charge in [-0.15, -0.1) is 0 Å². The van der Waals surface area contributed by atoms with E-state index >= 15 is 0 Å². The van der Waals surface area contributed by atoms with E-state index in [0.717, 1.165) is 5.56 Å². The lowest BCUT2D eigenvalue weighted by Crippen LogP contribution is -2.54. The van der Waals surface area contributed by atoms with Crippen molar-refractivity contribution in [2.45, 2.75) is 12.6 Å². The molecule has 1 saturated heterocycles. The average molecular weight is 311 g/mol. The summed E-state index contributed by atoms with van der Waals surface area (Å²) in [5.41, 5.74) is 1.62. The molecule has 2 amide bonds. The second-order valence-corrected chi connectivity index (χ2v) is 5.26. The maximum Gasteiger partial charge on any atom is 0.249 e. The highest BCUT2D eigenvalue weighted by molar-refractivity contribution is 5.97. The Labute approximate surface area is 134 Å². The Morgan fingerprint density at radius 3 is 2.70 bits per heavy atom. The Morgan fingerprint density at radius 1 is 1.22 bits per heavy atom. The summed E-state index contributed by atoms with van der Waals surface area (Å²) in [4.78, 5) is 30.2. The highest BCUT2D eigenvalue weighted by Crippen LogP contribution is 2.15. The lowest BCUT2D eigenvalue weighted by molar-refractivity contribution is -0.154. The Hall–Kier alpha value is -2.73. The van der Waals surface area contributed by atoms with Crippen LogP contribution in [0.2, 0.25) is 0 Å². The number of nitrogens with zero attached hydrogens (tertiary/aromatic N) is 2. The first-order valence-electron chi connectivity index (χ1n) is 7.36. The van der Waals surface area contributed by atoms with Gasteiger partial charge >= 0.3 is 0 Å². The van der Waals surface area contributed by atoms with E-state index in [1.807, 2.05) is 30.3 Å². The van der Waals surface area contributed by atoms with Gasteiger partial charge in [-0.3, -0.25) is 14.6 Å². The second-order valence-electron chi connectivity index (χ2n) is 5.26. The van der Waals surface area contributed by atoms with Gasteiger partial charge in [0.25, 0.3) is 0 Å². The number of amides is 2. The number of carbonyl (C=O) groups is 2. The Kier molecular flexibility index (Phi) is 4.63. The molecule has 118 valence electrons. The van der Waals surface area contributed by atoms with Gasteiger partial charge in [-0.2, -0.15) is 0 Å². The number of hydrogen-bond donors (Lipinski definition) is 1. The van der Waals surface area contributed by atoms with Gasteiger partial charge in [-0.05, 0) is 17.7 Å². The maximum absolute atomic E-state index is 12.5. The number of nitrogens with one attached hydrogen (secondary N) is 1. The minimum Gasteiger partial charge on any atom is -0.369 e. The monoisotopic (exact) mass is 311 g/mol. The summed E-state index contributed by atoms with van der Waals surface area (Å²) in [6.07, 6.45) is 3.19. The van der Waals surface area contributed by atoms with Crippen LogP contribution in [0.3, 0.4) is 0 Å². The smallest absolute Gasteiger partial charge is 0.249 e. The zero-order valence-electron chi connectivity index (χ0n) is 12.5. The number of anilines is 1. The normalized spacial score (nSPS) is 17.8. The molecule has 0 radical (unpaired) electrons. The first-order chi connectivity index (χ1) is 11.2. The Balaban J connectivity index is 1.75. The van der Waals surface area contributed by atoms with Crippen LogP contribution < -0.4 is 5.32 Å². The molecule has 0 spiro atoms. The lowest BCUT2D eigenvalue weighted by atomic mass is 10.1. The third-order valence-electron chi connectivity index (χ3n) is 3.64. The summed E-state index contributed by atoms with van der Waals surface area (Å²) in [7, 11) is 0. The van der Waals surface area contributed by atoms with E-state index < -0.39 is 6.04 Å². The second kappa shape index (κ2) is 7.02. The molecular formula is C17H17N3O3. The molecule has 1 aromatic heterocycles. The fourth-order valence-electron chi connectivity index (χ4n) is 2.46. The summed E-state index contributed by atoms with van der Waals surface area (Å²) in [5.74, 6) is -0.449. The van der Waals surface area contributed by atoms with E-state index in [9.17, 15) is 9.59 Å². The van der Waals surface area contributed by atoms with Crippen LogP contribution in [0.5, 0.6) is 0 Å². The first-order valence-corrected chi connectivity index (χ1v) is 7.36. The molecule has 2 aromatic rings. The molecule has 2 heterocycles. The van der Waals surface area contributed by atoms with Crippen molar-refractivity contribution >= 4 is 17.5 Å². The average Bonchev–Trinajstić information content (AvgIpc) is 2.58. The van der Waals surface area contributed by atoms with Crippen molar-refractivity contribution < 1.29 is 14.3 Å². The molecule has 0 bridgehead atoms. The van der Waals surface area contributed by atoms with E-state index in [4.69, 9.17) is 4.74 Å². The number of rotatable bonds is 4. The van der Waals surface area contributed by atoms with E-state index in [1.165, 1.54) is 0 Å². The van der Waals surface area contributed by atoms with Crippen LogP contribution in [0.25, 0.3) is 0 Å². The van der Waals surface area contributed by atoms with Gasteiger partial charge in [0.1, 0.15) is 12.6 Å². The number of benzene rings is 1. The van der Waals surface area contributed by atoms with Crippen LogP contribution in [0.4, 0.5) is 5.69 Å². The minimum absolute atomic E-state index is 0.00582. The van der Waals surface area contributed by atoms with E-state index in [1.54, 1.807) is 29.4 Å². The number of aromatic nitrogens is 1. The van der Waals surface area contributed by atoms with Gasteiger partial charge in [0.05, 0.1) is 6.61 Å². The Morgan fingerprint density at radius 2 is 1.96 bits per heavy atom. The number of morpholine rings is 1. The summed E-state index contributed by atoms with van der Waals surface area (Å²) in [6.45, 7) is 0.582. The summed E-state index contributed by atoms with van der Waals surface area (Å²) in [6, 6.07) is 12.3. The first kappa shape index (κ1) is 15.2. The van der Waals surface area contributed by atoms with Crippen molar-refractivity contribution in [1.82, 2.24) is 9.88 Å². The number of hydrogen-bond acceptors (Lipinski definition) is 4. The predicted octanol–water partition coefficient (Wildman–Crippen LogP) is 1.45. The minimum atomic E-state index is -0.648. The molecule has 0 saturated carbocycles. The molecule has 1 aliphatic rings. The molecule has 6 nitrogen and oxygen atoms in total. The van der Waals surface area contributed by atoms with E-state index in [0.29, 0.717) is 12.2 Å². The fourth-order valence-corrected chi connectivity index (χ4v) is 2.46. The molecule has 6 heteroatoms. The zero-order valence-corrected chi connectivity index (χ0v) is 12.5. The van der Waals surface area contributed by atoms with Gasteiger partial charge in [0.2, 0.25) is 11.8 Å². The van der Waals surface area contributed by atoms with Crippen LogP contribution in [0.1, 0.15) is 5.56 Å². The summed E-state index contributed by atoms with van der Waals surface area (Å²) < 4.78 is 5.26. The number of ether oxygens (including phenoxy) is 1. The standard InChI is InChI=1S/C17H17N3O3/c21-16-12-23-11-15(17(22)19-14-6-8-18-9-7-14)20(16)10-13-4-2-1-3-5-13/h1-9,15H,10-12H2,(H,18,19,22). The largest absolute Gasteiger partial charge is 0.369 e. The van der Waals surface area contributed by atoms with Gasteiger partial charge in [-0.1, -0.05) is 30.3 Å². The summed E-state index contributed by atoms with van der Waals surface area (Å²) >= 11 is 0. The molecule has 1 fully saturated rings. The zero-order chi connectivity index (χ0) is 16.1. The number of carbonyl (C=O) groups excluding carboxylic acids is 2. The van der Waals surface area contributed by atoms with Gasteiger partial charge in [-0.25, -0.2) is 0 Å². The van der Waals surface area contributed by atoms with Crippen molar-refractivity contribution in [3.8, 4) is 0 Å². The van der Waals surface area contributed by atoms with E-state index in [2.05, 4.69) is 10.3 Å². The van der Waals surface area contributed by atoms with Crippen molar-refractivity contribution in [2.75, 3.05) is 18.5 Å². The van der Waals surface area contributed by atoms with Crippen LogP contribution in [0, 0.1) is 0 Å². The Bertz CT molecular complexity index is 676. The van der Waals surface area contributed by atoms with Crippen molar-refractivity contribution in [1.29, 1.82) is 0 Å². The molecule has 23 heavy (non-hydrogen) atoms. The maximum atomic E-state index is 12.5. The van der Waals surface area contributed by atoms with Crippen LogP contribution in [-0.4, -0.2) is 41.0 Å². The van der Waals surface area contributed by atoms with Crippen molar-refractivity contribution in [3.63, 3.8) is 0 Å². The molecule has 1 N–H and O–H groups in total. The van der Waals surface area contributed by atoms with Crippen LogP contribution in [0.15, 0.2) is 54.9 Å². The topological polar surface area (TPSA) is 71.5 Å². The molecule has 1 aliphatic heterocycles. The molecular weight excluding hydrogens is 294 g/mol. The third-order valence-corrected chi connectivity index (χ3v) is 3.64. The molecule has 0 aliphatic carbocycles. The molecule has 1 aromatic carbocycles. The predicted molar refractivity (Wildman–Crippen MR) is 84.5 cm³/mol. The van der Waals surface area contributed by atoms with Crippen LogP contribution in [-0.2, 0) is 20.9 Å².